The van der Waals surface area contributed by atoms with E-state index in [1.807, 2.05) is 0 Å². The quantitative estimate of drug-likeness (QED) is 0.117. The summed E-state index contributed by atoms with van der Waals surface area (Å²) >= 11 is 0. The summed E-state index contributed by atoms with van der Waals surface area (Å²) in [5.74, 6) is 0. The second-order valence-corrected chi connectivity index (χ2v) is 11.1. The van der Waals surface area contributed by atoms with Crippen molar-refractivity contribution >= 4 is 0 Å². The Morgan fingerprint density at radius 3 is 1.83 bits per heavy atom. The zero-order chi connectivity index (χ0) is 30.2. The van der Waals surface area contributed by atoms with Gasteiger partial charge in [0.25, 0.3) is 0 Å². The molecule has 1 unspecified atom stereocenters. The highest BCUT2D eigenvalue weighted by atomic mass is 16.8. The van der Waals surface area contributed by atoms with E-state index < -0.39 is 111 Å². The molecule has 18 N–H and O–H groups in total. The van der Waals surface area contributed by atoms with Crippen LogP contribution < -0.4 is 34.4 Å². The van der Waals surface area contributed by atoms with Gasteiger partial charge in [0, 0.05) is 13.1 Å². The monoisotopic (exact) mass is 598 g/mol. The predicted octanol–water partition coefficient (Wildman–Crippen LogP) is -7.87. The number of hydrogen-bond acceptors (Lipinski definition) is 18. The second-order valence-electron chi connectivity index (χ2n) is 11.1. The van der Waals surface area contributed by atoms with Crippen LogP contribution in [0.25, 0.3) is 0 Å². The molecule has 18 nitrogen and oxygen atoms in total. The first-order valence-corrected chi connectivity index (χ1v) is 13.8. The molecule has 1 saturated carbocycles. The van der Waals surface area contributed by atoms with Crippen LogP contribution in [0.3, 0.4) is 0 Å². The molecule has 0 amide bonds. The third-order valence-corrected chi connectivity index (χ3v) is 8.31. The third kappa shape index (κ3) is 6.70. The molecular weight excluding hydrogens is 552 g/mol. The van der Waals surface area contributed by atoms with Gasteiger partial charge in [0.2, 0.25) is 0 Å². The molecule has 3 saturated heterocycles. The van der Waals surface area contributed by atoms with Crippen molar-refractivity contribution in [2.45, 2.75) is 123 Å². The van der Waals surface area contributed by atoms with Gasteiger partial charge in [0.1, 0.15) is 54.9 Å². The van der Waals surface area contributed by atoms with Crippen LogP contribution in [0.5, 0.6) is 0 Å². The molecule has 18 heteroatoms. The van der Waals surface area contributed by atoms with E-state index in [-0.39, 0.29) is 19.2 Å². The molecule has 0 aromatic heterocycles. The molecule has 18 atom stereocenters. The lowest BCUT2D eigenvalue weighted by atomic mass is 9.82. The highest BCUT2D eigenvalue weighted by Crippen LogP contribution is 2.34. The Kier molecular flexibility index (Phi) is 11.3. The fourth-order valence-electron chi connectivity index (χ4n) is 5.66. The average molecular weight is 599 g/mol. The van der Waals surface area contributed by atoms with Crippen LogP contribution in [-0.2, 0) is 28.4 Å². The van der Waals surface area contributed by atoms with Crippen LogP contribution in [0, 0.1) is 0 Å². The first kappa shape index (κ1) is 33.2. The summed E-state index contributed by atoms with van der Waals surface area (Å²) in [7, 11) is 0. The van der Waals surface area contributed by atoms with Gasteiger partial charge in [-0.1, -0.05) is 0 Å². The van der Waals surface area contributed by atoms with Crippen molar-refractivity contribution in [2.75, 3.05) is 19.7 Å². The van der Waals surface area contributed by atoms with E-state index >= 15 is 0 Å². The molecule has 4 fully saturated rings. The van der Waals surface area contributed by atoms with E-state index in [2.05, 4.69) is 0 Å². The smallest absolute Gasteiger partial charge is 0.187 e. The van der Waals surface area contributed by atoms with Gasteiger partial charge in [-0.05, 0) is 12.8 Å². The minimum atomic E-state index is -1.59. The average Bonchev–Trinajstić information content (AvgIpc) is 3.27. The molecule has 0 aromatic carbocycles. The maximum Gasteiger partial charge on any atom is 0.187 e. The van der Waals surface area contributed by atoms with Gasteiger partial charge < -0.3 is 93.5 Å². The number of nitrogens with two attached hydrogens (primary N) is 6. The largest absolute Gasteiger partial charge is 0.394 e. The Bertz CT molecular complexity index is 838. The van der Waals surface area contributed by atoms with Gasteiger partial charge in [-0.25, -0.2) is 0 Å². The number of aliphatic hydroxyl groups is 6. The third-order valence-electron chi connectivity index (χ3n) is 8.31. The summed E-state index contributed by atoms with van der Waals surface area (Å²) in [5, 5.41) is 63.0. The SMILES string of the molecule is NC[C@@H]1CC[C@@H](N)[C@@H](O[C@@H]2[C@@H](N)[C@H](O)[C@@H](N)[C@H](O)[C@H]2O[C@@H]2O[C@H](CO)[C@@H](OC3O[C@@H](CN)[C@@H](O)[C@H](O)[C@H]3N)[C@H]2O)O1. The van der Waals surface area contributed by atoms with Gasteiger partial charge >= 0.3 is 0 Å². The number of aliphatic hydroxyl groups excluding tert-OH is 6. The summed E-state index contributed by atoms with van der Waals surface area (Å²) in [4.78, 5) is 0. The van der Waals surface area contributed by atoms with Crippen molar-refractivity contribution in [3.63, 3.8) is 0 Å². The Labute approximate surface area is 236 Å². The summed E-state index contributed by atoms with van der Waals surface area (Å²) in [6.45, 7) is -0.565. The van der Waals surface area contributed by atoms with Crippen LogP contribution >= 0.6 is 0 Å². The van der Waals surface area contributed by atoms with Crippen molar-refractivity contribution in [3.05, 3.63) is 0 Å². The first-order chi connectivity index (χ1) is 19.4. The van der Waals surface area contributed by atoms with Crippen molar-refractivity contribution < 1.29 is 59.1 Å². The molecule has 1 aliphatic carbocycles. The Balaban J connectivity index is 1.50. The van der Waals surface area contributed by atoms with Gasteiger partial charge in [0.15, 0.2) is 18.9 Å². The van der Waals surface area contributed by atoms with E-state index in [9.17, 15) is 30.6 Å². The number of ether oxygens (including phenoxy) is 6. The summed E-state index contributed by atoms with van der Waals surface area (Å²) in [6.07, 6.45) is -16.4. The lowest BCUT2D eigenvalue weighted by Gasteiger charge is -2.47. The van der Waals surface area contributed by atoms with Crippen molar-refractivity contribution in [3.8, 4) is 0 Å². The standard InChI is InChI=1S/C23H46N6O12/c24-3-6-1-2-7(26)21(36-6)40-19-11(28)14(32)10(27)16(34)20(19)41-23-17(35)18(9(5-30)38-23)39-22-12(29)15(33)13(31)8(4-25)37-22/h6-23,30-35H,1-5,24-29H2/t6-,7+,8-,9+,10+,11-,12+,13+,14+,15+,16-,17+,18+,19+,20+,21+,22?,23-/m0/s1. The molecular formula is C23H46N6O12. The fraction of sp³-hybridized carbons (Fsp3) is 1.00. The fourth-order valence-corrected chi connectivity index (χ4v) is 5.66. The maximum atomic E-state index is 11.1. The maximum absolute atomic E-state index is 11.1. The zero-order valence-electron chi connectivity index (χ0n) is 22.5. The molecule has 0 bridgehead atoms. The van der Waals surface area contributed by atoms with E-state index in [0.717, 1.165) is 0 Å². The molecule has 41 heavy (non-hydrogen) atoms. The Hall–Kier alpha value is -0.720. The predicted molar refractivity (Wildman–Crippen MR) is 137 cm³/mol. The summed E-state index contributed by atoms with van der Waals surface area (Å²) in [5.41, 5.74) is 35.8. The van der Waals surface area contributed by atoms with Crippen LogP contribution in [0.1, 0.15) is 12.8 Å². The summed E-state index contributed by atoms with van der Waals surface area (Å²) < 4.78 is 34.9. The van der Waals surface area contributed by atoms with Crippen LogP contribution in [0.4, 0.5) is 0 Å². The summed E-state index contributed by atoms with van der Waals surface area (Å²) in [6, 6.07) is -4.21. The van der Waals surface area contributed by atoms with Crippen molar-refractivity contribution in [1.82, 2.24) is 0 Å². The van der Waals surface area contributed by atoms with E-state index in [1.165, 1.54) is 0 Å². The second kappa shape index (κ2) is 13.9. The normalized spacial score (nSPS) is 53.0. The van der Waals surface area contributed by atoms with Crippen LogP contribution in [0.2, 0.25) is 0 Å². The topological polar surface area (TPSA) is 333 Å². The van der Waals surface area contributed by atoms with Gasteiger partial charge in [0.05, 0.1) is 43.0 Å². The van der Waals surface area contributed by atoms with Crippen LogP contribution in [-0.4, -0.2) is 161 Å². The van der Waals surface area contributed by atoms with Gasteiger partial charge in [-0.15, -0.1) is 0 Å². The van der Waals surface area contributed by atoms with Crippen LogP contribution in [0.15, 0.2) is 0 Å². The molecule has 0 radical (unpaired) electrons. The molecule has 4 rings (SSSR count). The van der Waals surface area contributed by atoms with Gasteiger partial charge in [-0.2, -0.15) is 0 Å². The minimum Gasteiger partial charge on any atom is -0.394 e. The van der Waals surface area contributed by atoms with Crippen molar-refractivity contribution in [2.24, 2.45) is 34.4 Å². The van der Waals surface area contributed by atoms with Crippen molar-refractivity contribution in [1.29, 1.82) is 0 Å². The van der Waals surface area contributed by atoms with E-state index in [4.69, 9.17) is 62.8 Å². The molecule has 3 aliphatic heterocycles. The number of rotatable bonds is 9. The molecule has 0 spiro atoms. The molecule has 240 valence electrons. The van der Waals surface area contributed by atoms with E-state index in [0.29, 0.717) is 12.8 Å². The molecule has 3 heterocycles. The Morgan fingerprint density at radius 1 is 0.561 bits per heavy atom. The minimum absolute atomic E-state index is 0.155. The number of hydrogen-bond donors (Lipinski definition) is 12. The van der Waals surface area contributed by atoms with Gasteiger partial charge in [-0.3, -0.25) is 0 Å². The lowest BCUT2D eigenvalue weighted by Crippen LogP contribution is -2.71. The molecule has 4 aliphatic rings. The highest BCUT2D eigenvalue weighted by Gasteiger charge is 2.55. The molecule has 0 aromatic rings. The zero-order valence-corrected chi connectivity index (χ0v) is 22.5. The Morgan fingerprint density at radius 2 is 1.20 bits per heavy atom. The highest BCUT2D eigenvalue weighted by molar-refractivity contribution is 5.05. The van der Waals surface area contributed by atoms with E-state index in [1.54, 1.807) is 0 Å². The lowest BCUT2D eigenvalue weighted by molar-refractivity contribution is -0.295. The first-order valence-electron chi connectivity index (χ1n) is 13.8.